The summed E-state index contributed by atoms with van der Waals surface area (Å²) in [6.45, 7) is 1.87. The van der Waals surface area contributed by atoms with Gasteiger partial charge in [-0.25, -0.2) is 0 Å². The Morgan fingerprint density at radius 2 is 1.75 bits per heavy atom. The third-order valence-electron chi connectivity index (χ3n) is 1.68. The highest BCUT2D eigenvalue weighted by Crippen LogP contribution is 1.97. The number of hydrogen-bond donors (Lipinski definition) is 3. The minimum atomic E-state index is -0.947. The fraction of sp³-hybridized carbons (Fsp3) is 0.857. The summed E-state index contributed by atoms with van der Waals surface area (Å²) >= 11 is 0. The Hall–Kier alpha value is -0.650. The standard InChI is InChI=1S/C7H15NO4/c1-6(7(11)12)8(2-4-9)3-5-10/h6,9-10H,2-5H2,1H3,(H,11,12). The molecule has 0 rings (SSSR count). The van der Waals surface area contributed by atoms with Gasteiger partial charge in [-0.1, -0.05) is 0 Å². The van der Waals surface area contributed by atoms with E-state index in [1.807, 2.05) is 0 Å². The average molecular weight is 177 g/mol. The first-order valence-corrected chi connectivity index (χ1v) is 3.82. The van der Waals surface area contributed by atoms with Gasteiger partial charge in [0, 0.05) is 13.1 Å². The summed E-state index contributed by atoms with van der Waals surface area (Å²) < 4.78 is 0. The van der Waals surface area contributed by atoms with Crippen molar-refractivity contribution in [3.05, 3.63) is 0 Å². The number of aliphatic hydroxyl groups excluding tert-OH is 2. The van der Waals surface area contributed by atoms with Crippen molar-refractivity contribution in [1.82, 2.24) is 4.90 Å². The number of nitrogens with zero attached hydrogens (tertiary/aromatic N) is 1. The normalized spacial score (nSPS) is 13.3. The van der Waals surface area contributed by atoms with Crippen LogP contribution in [-0.4, -0.2) is 58.5 Å². The number of carboxylic acids is 1. The summed E-state index contributed by atoms with van der Waals surface area (Å²) in [6.07, 6.45) is 0. The van der Waals surface area contributed by atoms with E-state index in [2.05, 4.69) is 0 Å². The molecule has 0 aromatic rings. The number of aliphatic carboxylic acids is 1. The Morgan fingerprint density at radius 3 is 2.00 bits per heavy atom. The van der Waals surface area contributed by atoms with Crippen molar-refractivity contribution in [1.29, 1.82) is 0 Å². The van der Waals surface area contributed by atoms with Crippen LogP contribution in [-0.2, 0) is 4.79 Å². The molecule has 72 valence electrons. The molecule has 0 aromatic carbocycles. The molecule has 0 aliphatic rings. The summed E-state index contributed by atoms with van der Waals surface area (Å²) in [5, 5.41) is 25.8. The average Bonchev–Trinajstić information content (AvgIpc) is 2.03. The molecule has 0 spiro atoms. The molecular weight excluding hydrogens is 162 g/mol. The molecule has 3 N–H and O–H groups in total. The molecule has 0 saturated carbocycles. The molecule has 1 atom stereocenters. The molecule has 0 aliphatic carbocycles. The van der Waals surface area contributed by atoms with Gasteiger partial charge in [0.15, 0.2) is 0 Å². The van der Waals surface area contributed by atoms with Gasteiger partial charge in [-0.2, -0.15) is 0 Å². The van der Waals surface area contributed by atoms with E-state index in [1.165, 1.54) is 11.8 Å². The highest BCUT2D eigenvalue weighted by molar-refractivity contribution is 5.72. The number of carbonyl (C=O) groups is 1. The van der Waals surface area contributed by atoms with Crippen LogP contribution in [0, 0.1) is 0 Å². The Kier molecular flexibility index (Phi) is 5.61. The van der Waals surface area contributed by atoms with Gasteiger partial charge in [-0.15, -0.1) is 0 Å². The van der Waals surface area contributed by atoms with E-state index in [4.69, 9.17) is 15.3 Å². The number of carboxylic acid groups (broad SMARTS) is 1. The van der Waals surface area contributed by atoms with E-state index in [0.29, 0.717) is 0 Å². The van der Waals surface area contributed by atoms with Crippen LogP contribution >= 0.6 is 0 Å². The largest absolute Gasteiger partial charge is 0.480 e. The van der Waals surface area contributed by atoms with Crippen molar-refractivity contribution >= 4 is 5.97 Å². The maximum atomic E-state index is 10.5. The highest BCUT2D eigenvalue weighted by Gasteiger charge is 2.18. The van der Waals surface area contributed by atoms with Crippen LogP contribution in [0.2, 0.25) is 0 Å². The van der Waals surface area contributed by atoms with Crippen LogP contribution in [0.3, 0.4) is 0 Å². The third-order valence-corrected chi connectivity index (χ3v) is 1.68. The lowest BCUT2D eigenvalue weighted by Gasteiger charge is -2.23. The first-order chi connectivity index (χ1) is 5.63. The zero-order valence-corrected chi connectivity index (χ0v) is 7.10. The molecule has 0 amide bonds. The van der Waals surface area contributed by atoms with Gasteiger partial charge in [0.25, 0.3) is 0 Å². The molecule has 0 radical (unpaired) electrons. The van der Waals surface area contributed by atoms with Gasteiger partial charge in [-0.05, 0) is 6.92 Å². The summed E-state index contributed by atoms with van der Waals surface area (Å²) in [5.74, 6) is -0.947. The predicted molar refractivity (Wildman–Crippen MR) is 42.8 cm³/mol. The predicted octanol–water partition coefficient (Wildman–Crippen LogP) is -1.25. The molecule has 1 unspecified atom stereocenters. The van der Waals surface area contributed by atoms with E-state index in [0.717, 1.165) is 0 Å². The van der Waals surface area contributed by atoms with Crippen LogP contribution in [0.5, 0.6) is 0 Å². The van der Waals surface area contributed by atoms with E-state index in [1.54, 1.807) is 0 Å². The fourth-order valence-electron chi connectivity index (χ4n) is 0.912. The van der Waals surface area contributed by atoms with E-state index in [9.17, 15) is 4.79 Å². The molecule has 0 fully saturated rings. The molecular formula is C7H15NO4. The van der Waals surface area contributed by atoms with E-state index in [-0.39, 0.29) is 26.3 Å². The second kappa shape index (κ2) is 5.93. The van der Waals surface area contributed by atoms with Gasteiger partial charge in [-0.3, -0.25) is 9.69 Å². The van der Waals surface area contributed by atoms with Gasteiger partial charge >= 0.3 is 5.97 Å². The van der Waals surface area contributed by atoms with Crippen molar-refractivity contribution < 1.29 is 20.1 Å². The van der Waals surface area contributed by atoms with Crippen LogP contribution in [0.1, 0.15) is 6.92 Å². The summed E-state index contributed by atoms with van der Waals surface area (Å²) in [7, 11) is 0. The topological polar surface area (TPSA) is 81.0 Å². The maximum Gasteiger partial charge on any atom is 0.320 e. The lowest BCUT2D eigenvalue weighted by Crippen LogP contribution is -2.42. The lowest BCUT2D eigenvalue weighted by atomic mass is 10.3. The van der Waals surface area contributed by atoms with Crippen LogP contribution in [0.15, 0.2) is 0 Å². The van der Waals surface area contributed by atoms with Crippen molar-refractivity contribution in [3.63, 3.8) is 0 Å². The first-order valence-electron chi connectivity index (χ1n) is 3.82. The Labute approximate surface area is 71.2 Å². The summed E-state index contributed by atoms with van der Waals surface area (Å²) in [6, 6.07) is -0.663. The van der Waals surface area contributed by atoms with Crippen LogP contribution in [0.25, 0.3) is 0 Å². The van der Waals surface area contributed by atoms with Crippen LogP contribution in [0.4, 0.5) is 0 Å². The smallest absolute Gasteiger partial charge is 0.320 e. The molecule has 0 heterocycles. The van der Waals surface area contributed by atoms with Crippen molar-refractivity contribution in [2.45, 2.75) is 13.0 Å². The molecule has 0 bridgehead atoms. The monoisotopic (exact) mass is 177 g/mol. The van der Waals surface area contributed by atoms with Crippen LogP contribution < -0.4 is 0 Å². The molecule has 5 nitrogen and oxygen atoms in total. The summed E-state index contributed by atoms with van der Waals surface area (Å²) in [4.78, 5) is 12.0. The minimum absolute atomic E-state index is 0.0996. The van der Waals surface area contributed by atoms with Gasteiger partial charge in [0.2, 0.25) is 0 Å². The second-order valence-corrected chi connectivity index (χ2v) is 2.50. The zero-order chi connectivity index (χ0) is 9.56. The van der Waals surface area contributed by atoms with E-state index < -0.39 is 12.0 Å². The maximum absolute atomic E-state index is 10.5. The number of aliphatic hydroxyl groups is 2. The summed E-state index contributed by atoms with van der Waals surface area (Å²) in [5.41, 5.74) is 0. The van der Waals surface area contributed by atoms with Gasteiger partial charge < -0.3 is 15.3 Å². The number of hydrogen-bond acceptors (Lipinski definition) is 4. The molecule has 5 heteroatoms. The van der Waals surface area contributed by atoms with Gasteiger partial charge in [0.1, 0.15) is 6.04 Å². The molecule has 0 aromatic heterocycles. The lowest BCUT2D eigenvalue weighted by molar-refractivity contribution is -0.142. The van der Waals surface area contributed by atoms with E-state index >= 15 is 0 Å². The first kappa shape index (κ1) is 11.4. The van der Waals surface area contributed by atoms with Crippen molar-refractivity contribution in [2.75, 3.05) is 26.3 Å². The quantitative estimate of drug-likeness (QED) is 0.472. The van der Waals surface area contributed by atoms with Crippen molar-refractivity contribution in [3.8, 4) is 0 Å². The zero-order valence-electron chi connectivity index (χ0n) is 7.10. The minimum Gasteiger partial charge on any atom is -0.480 e. The molecule has 0 aliphatic heterocycles. The second-order valence-electron chi connectivity index (χ2n) is 2.50. The number of rotatable bonds is 6. The Bertz CT molecular complexity index is 133. The Morgan fingerprint density at radius 1 is 1.33 bits per heavy atom. The Balaban J connectivity index is 3.98. The van der Waals surface area contributed by atoms with Gasteiger partial charge in [0.05, 0.1) is 13.2 Å². The molecule has 0 saturated heterocycles. The highest BCUT2D eigenvalue weighted by atomic mass is 16.4. The molecule has 12 heavy (non-hydrogen) atoms. The third kappa shape index (κ3) is 3.66. The fourth-order valence-corrected chi connectivity index (χ4v) is 0.912. The SMILES string of the molecule is CC(C(=O)O)N(CCO)CCO. The van der Waals surface area contributed by atoms with Crippen molar-refractivity contribution in [2.24, 2.45) is 0 Å².